The van der Waals surface area contributed by atoms with Crippen molar-refractivity contribution >= 4 is 17.4 Å². The minimum atomic E-state index is -0.354. The van der Waals surface area contributed by atoms with Crippen molar-refractivity contribution in [3.8, 4) is 0 Å². The Kier molecular flexibility index (Phi) is 3.85. The summed E-state index contributed by atoms with van der Waals surface area (Å²) in [5.41, 5.74) is 0.716. The molecule has 0 aliphatic heterocycles. The van der Waals surface area contributed by atoms with Gasteiger partial charge < -0.3 is 15.2 Å². The third kappa shape index (κ3) is 3.03. The van der Waals surface area contributed by atoms with E-state index in [-0.39, 0.29) is 11.6 Å². The lowest BCUT2D eigenvalue weighted by molar-refractivity contribution is 0.102. The van der Waals surface area contributed by atoms with Crippen LogP contribution in [0.2, 0.25) is 0 Å². The van der Waals surface area contributed by atoms with Crippen LogP contribution in [0, 0.1) is 0 Å². The first-order valence-electron chi connectivity index (χ1n) is 5.56. The van der Waals surface area contributed by atoms with Crippen molar-refractivity contribution in [2.45, 2.75) is 13.3 Å². The standard InChI is InChI=1S/C11H13N5O2/c1-2-3-12-10-6-13-9(5-14-10)11(17)16-8-4-15-18-7-8/h4-7H,2-3H2,1H3,(H,12,14)(H,16,17). The topological polar surface area (TPSA) is 92.9 Å². The Morgan fingerprint density at radius 2 is 2.22 bits per heavy atom. The molecule has 0 bridgehead atoms. The van der Waals surface area contributed by atoms with Crippen molar-refractivity contribution in [1.82, 2.24) is 15.1 Å². The van der Waals surface area contributed by atoms with E-state index < -0.39 is 0 Å². The van der Waals surface area contributed by atoms with Gasteiger partial charge in [0.2, 0.25) is 0 Å². The molecule has 7 nitrogen and oxygen atoms in total. The van der Waals surface area contributed by atoms with Crippen LogP contribution in [0.15, 0.2) is 29.4 Å². The van der Waals surface area contributed by atoms with Crippen LogP contribution >= 0.6 is 0 Å². The Balaban J connectivity index is 1.98. The van der Waals surface area contributed by atoms with E-state index in [0.717, 1.165) is 13.0 Å². The molecule has 18 heavy (non-hydrogen) atoms. The van der Waals surface area contributed by atoms with Crippen LogP contribution in [-0.2, 0) is 0 Å². The molecule has 0 aliphatic carbocycles. The zero-order valence-corrected chi connectivity index (χ0v) is 9.88. The molecular formula is C11H13N5O2. The summed E-state index contributed by atoms with van der Waals surface area (Å²) in [7, 11) is 0. The van der Waals surface area contributed by atoms with E-state index in [1.807, 2.05) is 0 Å². The predicted octanol–water partition coefficient (Wildman–Crippen LogP) is 1.54. The average molecular weight is 247 g/mol. The SMILES string of the molecule is CCCNc1cnc(C(=O)Nc2cnoc2)cn1. The first kappa shape index (κ1) is 12.0. The molecule has 0 radical (unpaired) electrons. The summed E-state index contributed by atoms with van der Waals surface area (Å²) in [6.07, 6.45) is 6.68. The van der Waals surface area contributed by atoms with Gasteiger partial charge in [-0.1, -0.05) is 12.1 Å². The first-order chi connectivity index (χ1) is 8.79. The number of rotatable bonds is 5. The summed E-state index contributed by atoms with van der Waals surface area (Å²) in [6, 6.07) is 0. The van der Waals surface area contributed by atoms with Crippen LogP contribution in [0.25, 0.3) is 0 Å². The minimum Gasteiger partial charge on any atom is -0.369 e. The van der Waals surface area contributed by atoms with Crippen LogP contribution < -0.4 is 10.6 Å². The van der Waals surface area contributed by atoms with Crippen molar-refractivity contribution in [3.63, 3.8) is 0 Å². The highest BCUT2D eigenvalue weighted by atomic mass is 16.5. The molecule has 0 aromatic carbocycles. The second-order valence-electron chi connectivity index (χ2n) is 3.58. The minimum absolute atomic E-state index is 0.234. The highest BCUT2D eigenvalue weighted by Gasteiger charge is 2.09. The third-order valence-corrected chi connectivity index (χ3v) is 2.13. The lowest BCUT2D eigenvalue weighted by Crippen LogP contribution is -2.14. The van der Waals surface area contributed by atoms with Crippen molar-refractivity contribution < 1.29 is 9.32 Å². The lowest BCUT2D eigenvalue weighted by Gasteiger charge is -2.04. The van der Waals surface area contributed by atoms with Crippen LogP contribution in [0.3, 0.4) is 0 Å². The average Bonchev–Trinajstić information content (AvgIpc) is 2.89. The number of hydrogen-bond donors (Lipinski definition) is 2. The molecule has 94 valence electrons. The third-order valence-electron chi connectivity index (χ3n) is 2.13. The van der Waals surface area contributed by atoms with Gasteiger partial charge in [0.15, 0.2) is 0 Å². The molecular weight excluding hydrogens is 234 g/mol. The van der Waals surface area contributed by atoms with Crippen LogP contribution in [0.4, 0.5) is 11.5 Å². The Morgan fingerprint density at radius 3 is 2.83 bits per heavy atom. The van der Waals surface area contributed by atoms with E-state index in [2.05, 4.69) is 37.2 Å². The molecule has 0 saturated carbocycles. The van der Waals surface area contributed by atoms with Gasteiger partial charge in [-0.05, 0) is 6.42 Å². The molecule has 2 N–H and O–H groups in total. The Hall–Kier alpha value is -2.44. The Bertz CT molecular complexity index is 495. The van der Waals surface area contributed by atoms with E-state index in [1.54, 1.807) is 0 Å². The van der Waals surface area contributed by atoms with Gasteiger partial charge in [0.25, 0.3) is 5.91 Å². The number of nitrogens with one attached hydrogen (secondary N) is 2. The molecule has 1 amide bonds. The smallest absolute Gasteiger partial charge is 0.275 e. The van der Waals surface area contributed by atoms with Gasteiger partial charge in [0.1, 0.15) is 23.5 Å². The van der Waals surface area contributed by atoms with Gasteiger partial charge in [0.05, 0.1) is 18.6 Å². The Labute approximate surface area is 104 Å². The molecule has 0 aliphatic rings. The van der Waals surface area contributed by atoms with Crippen molar-refractivity contribution in [1.29, 1.82) is 0 Å². The van der Waals surface area contributed by atoms with Gasteiger partial charge in [-0.3, -0.25) is 4.79 Å². The number of carbonyl (C=O) groups excluding carboxylic acids is 1. The lowest BCUT2D eigenvalue weighted by atomic mass is 10.4. The van der Waals surface area contributed by atoms with Gasteiger partial charge in [-0.15, -0.1) is 0 Å². The first-order valence-corrected chi connectivity index (χ1v) is 5.56. The van der Waals surface area contributed by atoms with Crippen LogP contribution in [-0.4, -0.2) is 27.6 Å². The summed E-state index contributed by atoms with van der Waals surface area (Å²) in [6.45, 7) is 2.88. The number of carbonyl (C=O) groups is 1. The Morgan fingerprint density at radius 1 is 1.33 bits per heavy atom. The highest BCUT2D eigenvalue weighted by Crippen LogP contribution is 2.07. The molecule has 0 spiro atoms. The second kappa shape index (κ2) is 5.76. The quantitative estimate of drug-likeness (QED) is 0.832. The number of aromatic nitrogens is 3. The van der Waals surface area contributed by atoms with Gasteiger partial charge in [0, 0.05) is 6.54 Å². The van der Waals surface area contributed by atoms with E-state index in [4.69, 9.17) is 0 Å². The zero-order chi connectivity index (χ0) is 12.8. The van der Waals surface area contributed by atoms with Crippen molar-refractivity contribution in [2.75, 3.05) is 17.2 Å². The van der Waals surface area contributed by atoms with Crippen LogP contribution in [0.1, 0.15) is 23.8 Å². The molecule has 2 aromatic heterocycles. The second-order valence-corrected chi connectivity index (χ2v) is 3.58. The highest BCUT2D eigenvalue weighted by molar-refractivity contribution is 6.02. The maximum atomic E-state index is 11.7. The normalized spacial score (nSPS) is 10.1. The summed E-state index contributed by atoms with van der Waals surface area (Å²) >= 11 is 0. The van der Waals surface area contributed by atoms with E-state index >= 15 is 0 Å². The fourth-order valence-electron chi connectivity index (χ4n) is 1.25. The van der Waals surface area contributed by atoms with E-state index in [1.165, 1.54) is 24.9 Å². The molecule has 2 aromatic rings. The number of hydrogen-bond acceptors (Lipinski definition) is 6. The summed E-state index contributed by atoms with van der Waals surface area (Å²) in [5, 5.41) is 9.14. The van der Waals surface area contributed by atoms with Gasteiger partial charge >= 0.3 is 0 Å². The molecule has 0 unspecified atom stereocenters. The van der Waals surface area contributed by atoms with E-state index in [9.17, 15) is 4.79 Å². The predicted molar refractivity (Wildman–Crippen MR) is 65.3 cm³/mol. The number of nitrogens with zero attached hydrogens (tertiary/aromatic N) is 3. The fourth-order valence-corrected chi connectivity index (χ4v) is 1.25. The maximum Gasteiger partial charge on any atom is 0.275 e. The summed E-state index contributed by atoms with van der Waals surface area (Å²) in [4.78, 5) is 19.9. The molecule has 0 saturated heterocycles. The van der Waals surface area contributed by atoms with Gasteiger partial charge in [-0.2, -0.15) is 0 Å². The number of amides is 1. The largest absolute Gasteiger partial charge is 0.369 e. The summed E-state index contributed by atoms with van der Waals surface area (Å²) < 4.78 is 4.60. The molecule has 0 fully saturated rings. The molecule has 7 heteroatoms. The van der Waals surface area contributed by atoms with Crippen molar-refractivity contribution in [2.24, 2.45) is 0 Å². The molecule has 2 heterocycles. The van der Waals surface area contributed by atoms with Gasteiger partial charge in [-0.25, -0.2) is 9.97 Å². The summed E-state index contributed by atoms with van der Waals surface area (Å²) in [5.74, 6) is 0.297. The molecule has 0 atom stereocenters. The maximum absolute atomic E-state index is 11.7. The number of anilines is 2. The van der Waals surface area contributed by atoms with Crippen LogP contribution in [0.5, 0.6) is 0 Å². The fraction of sp³-hybridized carbons (Fsp3) is 0.273. The monoisotopic (exact) mass is 247 g/mol. The van der Waals surface area contributed by atoms with Crippen molar-refractivity contribution in [3.05, 3.63) is 30.5 Å². The molecule has 2 rings (SSSR count). The zero-order valence-electron chi connectivity index (χ0n) is 9.88. The van der Waals surface area contributed by atoms with E-state index in [0.29, 0.717) is 11.5 Å².